The zero-order valence-corrected chi connectivity index (χ0v) is 15.7. The summed E-state index contributed by atoms with van der Waals surface area (Å²) >= 11 is 0. The summed E-state index contributed by atoms with van der Waals surface area (Å²) in [6, 6.07) is 5.70. The highest BCUT2D eigenvalue weighted by Crippen LogP contribution is 2.32. The molecule has 1 aromatic carbocycles. The van der Waals surface area contributed by atoms with Gasteiger partial charge in [-0.3, -0.25) is 0 Å². The number of anilines is 3. The summed E-state index contributed by atoms with van der Waals surface area (Å²) in [6.45, 7) is 4.22. The van der Waals surface area contributed by atoms with Crippen LogP contribution in [0.1, 0.15) is 31.2 Å². The fourth-order valence-electron chi connectivity index (χ4n) is 3.68. The van der Waals surface area contributed by atoms with E-state index in [0.717, 1.165) is 55.1 Å². The van der Waals surface area contributed by atoms with Crippen molar-refractivity contribution < 1.29 is 9.47 Å². The second-order valence-electron chi connectivity index (χ2n) is 7.13. The van der Waals surface area contributed by atoms with Crippen LogP contribution in [-0.2, 0) is 0 Å². The average Bonchev–Trinajstić information content (AvgIpc) is 3.50. The molecule has 3 aliphatic rings. The van der Waals surface area contributed by atoms with Crippen molar-refractivity contribution in [3.63, 3.8) is 0 Å². The minimum Gasteiger partial charge on any atom is -0.454 e. The molecule has 2 saturated heterocycles. The Morgan fingerprint density at radius 3 is 2.18 bits per heavy atom. The van der Waals surface area contributed by atoms with Crippen molar-refractivity contribution >= 4 is 24.1 Å². The first-order valence-corrected chi connectivity index (χ1v) is 9.80. The van der Waals surface area contributed by atoms with Gasteiger partial charge in [-0.2, -0.15) is 20.1 Å². The molecule has 2 aromatic rings. The Balaban J connectivity index is 1.35. The molecule has 28 heavy (non-hydrogen) atoms. The Kier molecular flexibility index (Phi) is 4.56. The number of ether oxygens (including phenoxy) is 2. The van der Waals surface area contributed by atoms with Crippen LogP contribution in [0.15, 0.2) is 23.3 Å². The number of hydrazone groups is 1. The quantitative estimate of drug-likeness (QED) is 0.623. The van der Waals surface area contributed by atoms with Gasteiger partial charge in [0.05, 0.1) is 6.21 Å². The van der Waals surface area contributed by atoms with E-state index in [4.69, 9.17) is 14.5 Å². The number of hydrogen-bond acceptors (Lipinski definition) is 9. The maximum Gasteiger partial charge on any atom is 0.250 e. The van der Waals surface area contributed by atoms with Crippen LogP contribution in [-0.4, -0.2) is 54.1 Å². The molecule has 0 radical (unpaired) electrons. The normalized spacial score (nSPS) is 18.4. The SMILES string of the molecule is C(=N/Nc1nc(N2CCCC2)nc(N2CCCC2)n1)/c1ccc2c(c1)OCO2. The van der Waals surface area contributed by atoms with Crippen molar-refractivity contribution in [1.82, 2.24) is 15.0 Å². The van der Waals surface area contributed by atoms with Crippen LogP contribution in [0, 0.1) is 0 Å². The third-order valence-electron chi connectivity index (χ3n) is 5.16. The van der Waals surface area contributed by atoms with Gasteiger partial charge in [-0.05, 0) is 49.4 Å². The Hall–Kier alpha value is -3.10. The van der Waals surface area contributed by atoms with Gasteiger partial charge in [0.1, 0.15) is 0 Å². The summed E-state index contributed by atoms with van der Waals surface area (Å²) in [5.74, 6) is 3.42. The predicted molar refractivity (Wildman–Crippen MR) is 107 cm³/mol. The monoisotopic (exact) mass is 381 g/mol. The van der Waals surface area contributed by atoms with E-state index in [2.05, 4.69) is 30.3 Å². The second kappa shape index (κ2) is 7.49. The topological polar surface area (TPSA) is 88.0 Å². The minimum absolute atomic E-state index is 0.261. The third kappa shape index (κ3) is 3.51. The molecule has 146 valence electrons. The van der Waals surface area contributed by atoms with E-state index in [-0.39, 0.29) is 6.79 Å². The highest BCUT2D eigenvalue weighted by Gasteiger charge is 2.21. The van der Waals surface area contributed by atoms with Crippen LogP contribution < -0.4 is 24.7 Å². The largest absolute Gasteiger partial charge is 0.454 e. The highest BCUT2D eigenvalue weighted by atomic mass is 16.7. The molecule has 0 amide bonds. The zero-order valence-electron chi connectivity index (χ0n) is 15.7. The molecule has 2 fully saturated rings. The molecule has 9 nitrogen and oxygen atoms in total. The predicted octanol–water partition coefficient (Wildman–Crippen LogP) is 2.25. The summed E-state index contributed by atoms with van der Waals surface area (Å²) in [7, 11) is 0. The van der Waals surface area contributed by atoms with E-state index in [1.54, 1.807) is 6.21 Å². The van der Waals surface area contributed by atoms with E-state index < -0.39 is 0 Å². The molecule has 0 spiro atoms. The van der Waals surface area contributed by atoms with Crippen LogP contribution in [0.2, 0.25) is 0 Å². The number of hydrogen-bond donors (Lipinski definition) is 1. The van der Waals surface area contributed by atoms with Gasteiger partial charge in [0.25, 0.3) is 0 Å². The first-order chi connectivity index (χ1) is 13.8. The first-order valence-electron chi connectivity index (χ1n) is 9.80. The van der Waals surface area contributed by atoms with E-state index in [9.17, 15) is 0 Å². The van der Waals surface area contributed by atoms with Crippen LogP contribution >= 0.6 is 0 Å². The molecule has 1 aromatic heterocycles. The van der Waals surface area contributed by atoms with Crippen molar-refractivity contribution in [3.8, 4) is 11.5 Å². The van der Waals surface area contributed by atoms with Crippen LogP contribution in [0.25, 0.3) is 0 Å². The van der Waals surface area contributed by atoms with E-state index in [1.807, 2.05) is 18.2 Å². The molecule has 4 heterocycles. The lowest BCUT2D eigenvalue weighted by molar-refractivity contribution is 0.174. The van der Waals surface area contributed by atoms with Gasteiger partial charge in [0.2, 0.25) is 24.6 Å². The van der Waals surface area contributed by atoms with E-state index in [0.29, 0.717) is 5.95 Å². The number of rotatable bonds is 5. The van der Waals surface area contributed by atoms with Crippen molar-refractivity contribution in [1.29, 1.82) is 0 Å². The maximum absolute atomic E-state index is 5.40. The van der Waals surface area contributed by atoms with Gasteiger partial charge >= 0.3 is 0 Å². The molecular formula is C19H23N7O2. The lowest BCUT2D eigenvalue weighted by Crippen LogP contribution is -2.25. The number of benzene rings is 1. The van der Waals surface area contributed by atoms with Gasteiger partial charge in [-0.1, -0.05) is 0 Å². The molecule has 3 aliphatic heterocycles. The van der Waals surface area contributed by atoms with Crippen LogP contribution in [0.4, 0.5) is 17.8 Å². The van der Waals surface area contributed by atoms with E-state index >= 15 is 0 Å². The van der Waals surface area contributed by atoms with Gasteiger partial charge in [-0.15, -0.1) is 0 Å². The molecular weight excluding hydrogens is 358 g/mol. The Labute approximate surface area is 163 Å². The summed E-state index contributed by atoms with van der Waals surface area (Å²) in [4.78, 5) is 18.3. The third-order valence-corrected chi connectivity index (χ3v) is 5.16. The molecule has 0 unspecified atom stereocenters. The molecule has 9 heteroatoms. The molecule has 0 bridgehead atoms. The van der Waals surface area contributed by atoms with Crippen molar-refractivity contribution in [3.05, 3.63) is 23.8 Å². The van der Waals surface area contributed by atoms with E-state index in [1.165, 1.54) is 25.7 Å². The number of nitrogens with zero attached hydrogens (tertiary/aromatic N) is 6. The summed E-state index contributed by atoms with van der Waals surface area (Å²) in [5, 5.41) is 4.31. The Morgan fingerprint density at radius 2 is 1.50 bits per heavy atom. The summed E-state index contributed by atoms with van der Waals surface area (Å²) < 4.78 is 10.7. The fraction of sp³-hybridized carbons (Fsp3) is 0.474. The smallest absolute Gasteiger partial charge is 0.250 e. The van der Waals surface area contributed by atoms with Gasteiger partial charge in [0, 0.05) is 26.2 Å². The first kappa shape index (κ1) is 17.0. The van der Waals surface area contributed by atoms with Crippen molar-refractivity contribution in [2.24, 2.45) is 5.10 Å². The number of nitrogens with one attached hydrogen (secondary N) is 1. The van der Waals surface area contributed by atoms with Gasteiger partial charge in [0.15, 0.2) is 11.5 Å². The Morgan fingerprint density at radius 1 is 0.857 bits per heavy atom. The second-order valence-corrected chi connectivity index (χ2v) is 7.13. The molecule has 0 atom stereocenters. The summed E-state index contributed by atoms with van der Waals surface area (Å²) in [6.07, 6.45) is 6.42. The standard InChI is InChI=1S/C19H23N7O2/c1-2-8-25(7-1)18-21-17(22-19(23-18)26-9-3-4-10-26)24-20-12-14-5-6-15-16(11-14)28-13-27-15/h5-6,11-12H,1-4,7-10,13H2,(H,21,22,23,24)/b20-12-. The molecule has 0 aliphatic carbocycles. The lowest BCUT2D eigenvalue weighted by atomic mass is 10.2. The van der Waals surface area contributed by atoms with Gasteiger partial charge in [-0.25, -0.2) is 5.43 Å². The number of fused-ring (bicyclic) bond motifs is 1. The van der Waals surface area contributed by atoms with Crippen LogP contribution in [0.3, 0.4) is 0 Å². The number of aromatic nitrogens is 3. The summed E-state index contributed by atoms with van der Waals surface area (Å²) in [5.41, 5.74) is 3.88. The minimum atomic E-state index is 0.261. The molecule has 5 rings (SSSR count). The highest BCUT2D eigenvalue weighted by molar-refractivity contribution is 5.81. The lowest BCUT2D eigenvalue weighted by Gasteiger charge is -2.20. The average molecular weight is 381 g/mol. The molecule has 1 N–H and O–H groups in total. The van der Waals surface area contributed by atoms with Crippen LogP contribution in [0.5, 0.6) is 11.5 Å². The molecule has 0 saturated carbocycles. The fourth-order valence-corrected chi connectivity index (χ4v) is 3.68. The van der Waals surface area contributed by atoms with Crippen molar-refractivity contribution in [2.45, 2.75) is 25.7 Å². The maximum atomic E-state index is 5.40. The van der Waals surface area contributed by atoms with Gasteiger partial charge < -0.3 is 19.3 Å². The zero-order chi connectivity index (χ0) is 18.8. The van der Waals surface area contributed by atoms with Crippen molar-refractivity contribution in [2.75, 3.05) is 48.2 Å². The Bertz CT molecular complexity index is 842.